The minimum Gasteiger partial charge on any atom is -0.504 e. The van der Waals surface area contributed by atoms with Crippen molar-refractivity contribution in [1.82, 2.24) is 25.4 Å². The molecule has 1 aliphatic rings. The van der Waals surface area contributed by atoms with Gasteiger partial charge < -0.3 is 30.3 Å². The molecule has 3 aromatic carbocycles. The predicted molar refractivity (Wildman–Crippen MR) is 168 cm³/mol. The van der Waals surface area contributed by atoms with Crippen molar-refractivity contribution >= 4 is 29.1 Å². The first-order chi connectivity index (χ1) is 21.7. The zero-order chi connectivity index (χ0) is 31.9. The molecule has 1 atom stereocenters. The van der Waals surface area contributed by atoms with E-state index in [-0.39, 0.29) is 55.8 Å². The lowest BCUT2D eigenvalue weighted by Gasteiger charge is -2.15. The van der Waals surface area contributed by atoms with Gasteiger partial charge in [0.05, 0.1) is 31.0 Å². The van der Waals surface area contributed by atoms with Gasteiger partial charge in [-0.2, -0.15) is 0 Å². The lowest BCUT2D eigenvalue weighted by Crippen LogP contribution is -2.27. The quantitative estimate of drug-likeness (QED) is 0.135. The first-order valence-electron chi connectivity index (χ1n) is 14.4. The molecule has 234 valence electrons. The van der Waals surface area contributed by atoms with Gasteiger partial charge >= 0.3 is 0 Å². The number of carbonyl (C=O) groups excluding carboxylic acids is 2. The van der Waals surface area contributed by atoms with E-state index >= 15 is 0 Å². The normalized spacial score (nSPS) is 13.7. The number of fused-ring (bicyclic) bond motifs is 3. The second-order valence-corrected chi connectivity index (χ2v) is 10.6. The average Bonchev–Trinajstić information content (AvgIpc) is 3.35. The molecule has 2 amide bonds. The van der Waals surface area contributed by atoms with E-state index in [0.717, 1.165) is 16.8 Å². The fourth-order valence-corrected chi connectivity index (χ4v) is 5.03. The number of aliphatic imine (C=N–C) groups is 1. The Morgan fingerprint density at radius 2 is 1.76 bits per heavy atom. The van der Waals surface area contributed by atoms with E-state index in [1.54, 1.807) is 12.1 Å². The van der Waals surface area contributed by atoms with Crippen molar-refractivity contribution < 1.29 is 29.3 Å². The van der Waals surface area contributed by atoms with E-state index in [4.69, 9.17) is 26.1 Å². The van der Waals surface area contributed by atoms with Gasteiger partial charge in [-0.25, -0.2) is 0 Å². The number of nitrogens with one attached hydrogen (secondary N) is 2. The van der Waals surface area contributed by atoms with Crippen LogP contribution in [0.5, 0.6) is 17.2 Å². The number of rotatable bonds is 12. The minimum absolute atomic E-state index is 0.107. The highest BCUT2D eigenvalue weighted by Crippen LogP contribution is 2.34. The summed E-state index contributed by atoms with van der Waals surface area (Å²) in [6, 6.07) is 16.3. The summed E-state index contributed by atoms with van der Waals surface area (Å²) in [4.78, 5) is 29.9. The number of amides is 2. The molecule has 12 nitrogen and oxygen atoms in total. The van der Waals surface area contributed by atoms with Gasteiger partial charge in [-0.1, -0.05) is 23.7 Å². The lowest BCUT2D eigenvalue weighted by molar-refractivity contribution is -0.121. The summed E-state index contributed by atoms with van der Waals surface area (Å²) < 4.78 is 13.6. The first kappa shape index (κ1) is 31.5. The Morgan fingerprint density at radius 3 is 2.51 bits per heavy atom. The highest BCUT2D eigenvalue weighted by atomic mass is 35.5. The van der Waals surface area contributed by atoms with E-state index in [2.05, 4.69) is 20.8 Å². The number of aromatic hydroxyl groups is 2. The standard InChI is InChI=1S/C32H33ClN6O6/c1-3-34-29(42)18-25-31-38-37-19(2)39(31)26-10-9-23(17-24(26)30(36-25)20-4-7-22(33)8-5-20)45-15-14-44-13-12-35-32(43)21-6-11-27(40)28(41)16-21/h4-11,16-17,25,40-41H,3,12-15,18H2,1-2H3,(H,34,42)(H,35,43)/t25-/m0/s1. The van der Waals surface area contributed by atoms with Crippen LogP contribution in [-0.2, 0) is 9.53 Å². The summed E-state index contributed by atoms with van der Waals surface area (Å²) in [7, 11) is 0. The molecule has 4 aromatic rings. The van der Waals surface area contributed by atoms with Crippen LogP contribution in [0.4, 0.5) is 0 Å². The van der Waals surface area contributed by atoms with Crippen LogP contribution in [0.3, 0.4) is 0 Å². The monoisotopic (exact) mass is 632 g/mol. The Hall–Kier alpha value is -4.94. The summed E-state index contributed by atoms with van der Waals surface area (Å²) in [5, 5.41) is 33.8. The smallest absolute Gasteiger partial charge is 0.251 e. The summed E-state index contributed by atoms with van der Waals surface area (Å²) in [5.74, 6) is 0.635. The number of hydrogen-bond donors (Lipinski definition) is 4. The minimum atomic E-state index is -0.575. The number of halogens is 1. The molecule has 4 N–H and O–H groups in total. The molecule has 0 spiro atoms. The summed E-state index contributed by atoms with van der Waals surface area (Å²) in [5.41, 5.74) is 3.30. The SMILES string of the molecule is CCNC(=O)C[C@@H]1N=C(c2ccc(Cl)cc2)c2cc(OCCOCCNC(=O)c3ccc(O)c(O)c3)ccc2-n2c(C)nnc21. The first-order valence-corrected chi connectivity index (χ1v) is 14.8. The predicted octanol–water partition coefficient (Wildman–Crippen LogP) is 3.88. The van der Waals surface area contributed by atoms with Crippen LogP contribution in [-0.4, -0.2) is 75.4 Å². The third-order valence-electron chi connectivity index (χ3n) is 7.03. The molecule has 1 aromatic heterocycles. The molecule has 2 heterocycles. The third kappa shape index (κ3) is 7.41. The second kappa shape index (κ2) is 14.2. The molecule has 0 saturated heterocycles. The van der Waals surface area contributed by atoms with Crippen molar-refractivity contribution in [2.75, 3.05) is 32.9 Å². The Balaban J connectivity index is 1.29. The molecule has 0 radical (unpaired) electrons. The van der Waals surface area contributed by atoms with Crippen molar-refractivity contribution in [2.24, 2.45) is 4.99 Å². The molecule has 13 heteroatoms. The number of carbonyl (C=O) groups is 2. The van der Waals surface area contributed by atoms with Gasteiger partial charge in [0.1, 0.15) is 24.2 Å². The fourth-order valence-electron chi connectivity index (χ4n) is 4.91. The maximum absolute atomic E-state index is 12.7. The Bertz CT molecular complexity index is 1720. The van der Waals surface area contributed by atoms with Gasteiger partial charge in [0.15, 0.2) is 17.3 Å². The molecule has 5 rings (SSSR count). The van der Waals surface area contributed by atoms with Crippen LogP contribution in [0.15, 0.2) is 65.7 Å². The van der Waals surface area contributed by atoms with E-state index in [1.165, 1.54) is 18.2 Å². The maximum atomic E-state index is 12.7. The summed E-state index contributed by atoms with van der Waals surface area (Å²) in [6.07, 6.45) is 0.107. The Morgan fingerprint density at radius 1 is 0.956 bits per heavy atom. The molecule has 0 unspecified atom stereocenters. The summed E-state index contributed by atoms with van der Waals surface area (Å²) in [6.45, 7) is 5.26. The highest BCUT2D eigenvalue weighted by molar-refractivity contribution is 6.30. The molecule has 0 bridgehead atoms. The fraction of sp³-hybridized carbons (Fsp3) is 0.281. The van der Waals surface area contributed by atoms with E-state index < -0.39 is 11.9 Å². The van der Waals surface area contributed by atoms with Gasteiger partial charge in [-0.3, -0.25) is 19.1 Å². The van der Waals surface area contributed by atoms with E-state index in [0.29, 0.717) is 34.7 Å². The molecular formula is C32H33ClN6O6. The zero-order valence-electron chi connectivity index (χ0n) is 24.8. The number of benzene rings is 3. The largest absolute Gasteiger partial charge is 0.504 e. The van der Waals surface area contributed by atoms with Crippen LogP contribution in [0.25, 0.3) is 5.69 Å². The average molecular weight is 633 g/mol. The van der Waals surface area contributed by atoms with E-state index in [1.807, 2.05) is 48.7 Å². The molecule has 0 fully saturated rings. The van der Waals surface area contributed by atoms with Crippen molar-refractivity contribution in [3.63, 3.8) is 0 Å². The Labute approximate surface area is 264 Å². The van der Waals surface area contributed by atoms with Crippen LogP contribution in [0.1, 0.15) is 52.5 Å². The number of phenolic OH excluding ortho intramolecular Hbond substituents is 2. The number of aromatic nitrogens is 3. The Kier molecular flexibility index (Phi) is 9.95. The lowest BCUT2D eigenvalue weighted by atomic mass is 10.00. The molecule has 0 aliphatic carbocycles. The van der Waals surface area contributed by atoms with Crippen LogP contribution in [0, 0.1) is 6.92 Å². The van der Waals surface area contributed by atoms with Crippen LogP contribution >= 0.6 is 11.6 Å². The zero-order valence-corrected chi connectivity index (χ0v) is 25.5. The van der Waals surface area contributed by atoms with Gasteiger partial charge in [0.25, 0.3) is 5.91 Å². The number of aryl methyl sites for hydroxylation is 1. The number of nitrogens with zero attached hydrogens (tertiary/aromatic N) is 4. The van der Waals surface area contributed by atoms with Gasteiger partial charge in [0.2, 0.25) is 5.91 Å². The third-order valence-corrected chi connectivity index (χ3v) is 7.29. The van der Waals surface area contributed by atoms with Crippen LogP contribution < -0.4 is 15.4 Å². The molecular weight excluding hydrogens is 600 g/mol. The number of phenols is 2. The van der Waals surface area contributed by atoms with Crippen molar-refractivity contribution in [3.8, 4) is 22.9 Å². The summed E-state index contributed by atoms with van der Waals surface area (Å²) >= 11 is 6.19. The topological polar surface area (TPSA) is 160 Å². The van der Waals surface area contributed by atoms with Gasteiger partial charge in [-0.15, -0.1) is 10.2 Å². The highest BCUT2D eigenvalue weighted by Gasteiger charge is 2.30. The van der Waals surface area contributed by atoms with Crippen LogP contribution in [0.2, 0.25) is 5.02 Å². The molecule has 0 saturated carbocycles. The maximum Gasteiger partial charge on any atom is 0.251 e. The van der Waals surface area contributed by atoms with Crippen molar-refractivity contribution in [2.45, 2.75) is 26.3 Å². The van der Waals surface area contributed by atoms with Crippen molar-refractivity contribution in [1.29, 1.82) is 0 Å². The van der Waals surface area contributed by atoms with E-state index in [9.17, 15) is 19.8 Å². The van der Waals surface area contributed by atoms with Gasteiger partial charge in [0, 0.05) is 34.8 Å². The molecule has 1 aliphatic heterocycles. The van der Waals surface area contributed by atoms with Gasteiger partial charge in [-0.05, 0) is 62.4 Å². The second-order valence-electron chi connectivity index (χ2n) is 10.2. The number of ether oxygens (including phenoxy) is 2. The molecule has 45 heavy (non-hydrogen) atoms. The number of hydrogen-bond acceptors (Lipinski definition) is 9. The van der Waals surface area contributed by atoms with Crippen molar-refractivity contribution in [3.05, 3.63) is 94.0 Å².